The van der Waals surface area contributed by atoms with Crippen LogP contribution in [0.3, 0.4) is 0 Å². The minimum absolute atomic E-state index is 0.274. The molecule has 2 nitrogen and oxygen atoms in total. The molecule has 2 rings (SSSR count). The van der Waals surface area contributed by atoms with Crippen molar-refractivity contribution < 1.29 is 13.2 Å². The Morgan fingerprint density at radius 2 is 1.62 bits per heavy atom. The number of aryl methyl sites for hydroxylation is 1. The molecule has 0 N–H and O–H groups in total. The van der Waals surface area contributed by atoms with E-state index in [1.54, 1.807) is 6.20 Å². The molecular formula is C16H19F3N2. The third-order valence-electron chi connectivity index (χ3n) is 3.30. The lowest BCUT2D eigenvalue weighted by molar-refractivity contribution is -0.142. The fourth-order valence-corrected chi connectivity index (χ4v) is 2.24. The van der Waals surface area contributed by atoms with Gasteiger partial charge in [0.1, 0.15) is 6.54 Å². The summed E-state index contributed by atoms with van der Waals surface area (Å²) < 4.78 is 39.3. The van der Waals surface area contributed by atoms with Crippen molar-refractivity contribution >= 4 is 0 Å². The Morgan fingerprint density at radius 1 is 1.05 bits per heavy atom. The third-order valence-corrected chi connectivity index (χ3v) is 3.30. The Balaban J connectivity index is 2.58. The van der Waals surface area contributed by atoms with Gasteiger partial charge in [0.2, 0.25) is 0 Å². The Morgan fingerprint density at radius 3 is 2.10 bits per heavy atom. The minimum atomic E-state index is -4.29. The fourth-order valence-electron chi connectivity index (χ4n) is 2.24. The zero-order chi connectivity index (χ0) is 15.8. The normalized spacial score (nSPS) is 12.7. The number of hydrogen-bond acceptors (Lipinski definition) is 1. The number of aromatic nitrogens is 2. The molecule has 1 aromatic heterocycles. The van der Waals surface area contributed by atoms with Gasteiger partial charge in [-0.2, -0.15) is 18.3 Å². The molecule has 0 amide bonds. The van der Waals surface area contributed by atoms with Crippen LogP contribution < -0.4 is 0 Å². The first kappa shape index (κ1) is 15.6. The maximum absolute atomic E-state index is 12.7. The van der Waals surface area contributed by atoms with Gasteiger partial charge in [-0.3, -0.25) is 4.68 Å². The minimum Gasteiger partial charge on any atom is -0.255 e. The van der Waals surface area contributed by atoms with Crippen molar-refractivity contribution in [2.45, 2.75) is 45.8 Å². The van der Waals surface area contributed by atoms with Crippen LogP contribution >= 0.6 is 0 Å². The molecule has 0 bridgehead atoms. The monoisotopic (exact) mass is 296 g/mol. The van der Waals surface area contributed by atoms with E-state index >= 15 is 0 Å². The van der Waals surface area contributed by atoms with Crippen LogP contribution in [0.4, 0.5) is 13.2 Å². The largest absolute Gasteiger partial charge is 0.408 e. The van der Waals surface area contributed by atoms with Gasteiger partial charge >= 0.3 is 6.18 Å². The number of alkyl halides is 3. The van der Waals surface area contributed by atoms with Gasteiger partial charge in [0, 0.05) is 11.1 Å². The van der Waals surface area contributed by atoms with E-state index in [0.29, 0.717) is 5.69 Å². The van der Waals surface area contributed by atoms with Crippen LogP contribution in [0, 0.1) is 6.92 Å². The van der Waals surface area contributed by atoms with E-state index in [-0.39, 0.29) is 5.41 Å². The molecule has 5 heteroatoms. The zero-order valence-corrected chi connectivity index (χ0v) is 12.6. The molecule has 2 aromatic rings. The molecule has 0 saturated carbocycles. The predicted octanol–water partition coefficient (Wildman–Crippen LogP) is 4.72. The van der Waals surface area contributed by atoms with Crippen molar-refractivity contribution in [3.8, 4) is 11.3 Å². The number of benzene rings is 1. The highest BCUT2D eigenvalue weighted by Gasteiger charge is 2.32. The maximum Gasteiger partial charge on any atom is 0.408 e. The second-order valence-corrected chi connectivity index (χ2v) is 6.30. The molecule has 0 aliphatic heterocycles. The molecule has 0 aliphatic carbocycles. The summed E-state index contributed by atoms with van der Waals surface area (Å²) in [6.45, 7) is 6.78. The predicted molar refractivity (Wildman–Crippen MR) is 77.2 cm³/mol. The molecule has 0 fully saturated rings. The summed E-state index contributed by atoms with van der Waals surface area (Å²) in [6, 6.07) is 7.47. The molecule has 0 unspecified atom stereocenters. The first-order valence-corrected chi connectivity index (χ1v) is 6.78. The first-order chi connectivity index (χ1) is 9.58. The Kier molecular flexibility index (Phi) is 3.87. The van der Waals surface area contributed by atoms with E-state index in [1.165, 1.54) is 0 Å². The van der Waals surface area contributed by atoms with E-state index in [0.717, 1.165) is 21.4 Å². The second kappa shape index (κ2) is 5.20. The van der Waals surface area contributed by atoms with Crippen LogP contribution in [0.15, 0.2) is 30.5 Å². The van der Waals surface area contributed by atoms with Gasteiger partial charge in [-0.05, 0) is 12.3 Å². The lowest BCUT2D eigenvalue weighted by atomic mass is 9.85. The number of halogens is 3. The van der Waals surface area contributed by atoms with Gasteiger partial charge in [-0.25, -0.2) is 0 Å². The van der Waals surface area contributed by atoms with Crippen molar-refractivity contribution in [3.63, 3.8) is 0 Å². The van der Waals surface area contributed by atoms with Crippen molar-refractivity contribution in [2.24, 2.45) is 0 Å². The van der Waals surface area contributed by atoms with Crippen molar-refractivity contribution in [3.05, 3.63) is 41.6 Å². The number of hydrogen-bond donors (Lipinski definition) is 0. The summed E-state index contributed by atoms with van der Waals surface area (Å²) in [7, 11) is 0. The quantitative estimate of drug-likeness (QED) is 0.784. The number of rotatable bonds is 2. The lowest BCUT2D eigenvalue weighted by Crippen LogP contribution is -2.20. The highest BCUT2D eigenvalue weighted by Crippen LogP contribution is 2.34. The van der Waals surface area contributed by atoms with Crippen LogP contribution in [0.5, 0.6) is 0 Å². The van der Waals surface area contributed by atoms with Gasteiger partial charge in [0.25, 0.3) is 0 Å². The summed E-state index contributed by atoms with van der Waals surface area (Å²) in [5, 5.41) is 3.96. The van der Waals surface area contributed by atoms with E-state index in [4.69, 9.17) is 0 Å². The molecule has 114 valence electrons. The summed E-state index contributed by atoms with van der Waals surface area (Å²) in [5.41, 5.74) is 2.91. The maximum atomic E-state index is 12.7. The van der Waals surface area contributed by atoms with Crippen LogP contribution in [-0.4, -0.2) is 16.0 Å². The molecule has 0 radical (unpaired) electrons. The van der Waals surface area contributed by atoms with E-state index < -0.39 is 12.7 Å². The molecule has 0 atom stereocenters. The van der Waals surface area contributed by atoms with Gasteiger partial charge in [0.15, 0.2) is 0 Å². The molecule has 0 saturated heterocycles. The molecule has 1 heterocycles. The highest BCUT2D eigenvalue weighted by atomic mass is 19.4. The second-order valence-electron chi connectivity index (χ2n) is 6.30. The smallest absolute Gasteiger partial charge is 0.255 e. The average Bonchev–Trinajstić information content (AvgIpc) is 2.71. The van der Waals surface area contributed by atoms with E-state index in [1.807, 2.05) is 52.0 Å². The molecule has 0 spiro atoms. The summed E-state index contributed by atoms with van der Waals surface area (Å²) in [4.78, 5) is 0. The van der Waals surface area contributed by atoms with Crippen molar-refractivity contribution in [1.82, 2.24) is 9.78 Å². The molecule has 0 aliphatic rings. The summed E-state index contributed by atoms with van der Waals surface area (Å²) in [6.07, 6.45) is -2.75. The Labute approximate surface area is 122 Å². The SMILES string of the molecule is Cc1ccc(-c2c(C(C)(C)C)cnn2CC(F)(F)F)cc1. The van der Waals surface area contributed by atoms with Crippen LogP contribution in [0.25, 0.3) is 11.3 Å². The Hall–Kier alpha value is -1.78. The lowest BCUT2D eigenvalue weighted by Gasteiger charge is -2.20. The topological polar surface area (TPSA) is 17.8 Å². The molecule has 21 heavy (non-hydrogen) atoms. The van der Waals surface area contributed by atoms with Gasteiger partial charge in [-0.1, -0.05) is 50.6 Å². The number of nitrogens with zero attached hydrogens (tertiary/aromatic N) is 2. The molecule has 1 aromatic carbocycles. The van der Waals surface area contributed by atoms with Crippen LogP contribution in [0.2, 0.25) is 0 Å². The van der Waals surface area contributed by atoms with E-state index in [2.05, 4.69) is 5.10 Å². The fraction of sp³-hybridized carbons (Fsp3) is 0.438. The highest BCUT2D eigenvalue weighted by molar-refractivity contribution is 5.65. The summed E-state index contributed by atoms with van der Waals surface area (Å²) >= 11 is 0. The van der Waals surface area contributed by atoms with Gasteiger partial charge in [0.05, 0.1) is 11.9 Å². The van der Waals surface area contributed by atoms with Crippen molar-refractivity contribution in [2.75, 3.05) is 0 Å². The Bertz CT molecular complexity index is 616. The van der Waals surface area contributed by atoms with Crippen LogP contribution in [0.1, 0.15) is 31.9 Å². The zero-order valence-electron chi connectivity index (χ0n) is 12.6. The third kappa shape index (κ3) is 3.65. The van der Waals surface area contributed by atoms with Gasteiger partial charge in [-0.15, -0.1) is 0 Å². The average molecular weight is 296 g/mol. The van der Waals surface area contributed by atoms with Gasteiger partial charge < -0.3 is 0 Å². The van der Waals surface area contributed by atoms with Crippen LogP contribution in [-0.2, 0) is 12.0 Å². The van der Waals surface area contributed by atoms with Crippen molar-refractivity contribution in [1.29, 1.82) is 0 Å². The first-order valence-electron chi connectivity index (χ1n) is 6.78. The van der Waals surface area contributed by atoms with E-state index in [9.17, 15) is 13.2 Å². The standard InChI is InChI=1S/C16H19F3N2/c1-11-5-7-12(8-6-11)14-13(15(2,3)4)9-20-21(14)10-16(17,18)19/h5-9H,10H2,1-4H3. The summed E-state index contributed by atoms with van der Waals surface area (Å²) in [5.74, 6) is 0. The molecular weight excluding hydrogens is 277 g/mol.